The second-order valence-electron chi connectivity index (χ2n) is 5.70. The second-order valence-corrected chi connectivity index (χ2v) is 6.10. The van der Waals surface area contributed by atoms with E-state index >= 15 is 0 Å². The predicted molar refractivity (Wildman–Crippen MR) is 96.8 cm³/mol. The molecule has 3 N–H and O–H groups in total. The highest BCUT2D eigenvalue weighted by Crippen LogP contribution is 2.41. The molecule has 1 aromatic carbocycles. The third-order valence-electron chi connectivity index (χ3n) is 4.02. The Labute approximate surface area is 152 Å². The number of hydrogen-bond acceptors (Lipinski definition) is 6. The number of rotatable bonds is 6. The van der Waals surface area contributed by atoms with Crippen molar-refractivity contribution in [1.29, 1.82) is 0 Å². The molecule has 0 unspecified atom stereocenters. The van der Waals surface area contributed by atoms with Gasteiger partial charge in [0.05, 0.1) is 39.6 Å². The van der Waals surface area contributed by atoms with Gasteiger partial charge in [-0.1, -0.05) is 0 Å². The third kappa shape index (κ3) is 4.94. The van der Waals surface area contributed by atoms with Crippen LogP contribution in [0, 0.1) is 0 Å². The molecule has 1 aromatic rings. The van der Waals surface area contributed by atoms with Gasteiger partial charge in [0.1, 0.15) is 13.1 Å². The lowest BCUT2D eigenvalue weighted by Gasteiger charge is -2.23. The monoisotopic (exact) mass is 367 g/mol. The third-order valence-corrected chi connectivity index (χ3v) is 4.26. The summed E-state index contributed by atoms with van der Waals surface area (Å²) in [6.45, 7) is 5.77. The van der Waals surface area contributed by atoms with Crippen LogP contribution in [-0.2, 0) is 4.74 Å². The SMILES string of the molecule is COc1cc(/C=N\NC(=S)NCC[NH+]2CCOCC2)cc2c1OCO2. The molecule has 0 aliphatic carbocycles. The molecule has 0 radical (unpaired) electrons. The Hall–Kier alpha value is -2.10. The van der Waals surface area contributed by atoms with Crippen LogP contribution >= 0.6 is 12.2 Å². The van der Waals surface area contributed by atoms with E-state index in [9.17, 15) is 0 Å². The molecule has 0 spiro atoms. The van der Waals surface area contributed by atoms with Crippen molar-refractivity contribution in [2.24, 2.45) is 5.10 Å². The molecule has 3 rings (SSSR count). The predicted octanol–water partition coefficient (Wildman–Crippen LogP) is -0.863. The average molecular weight is 367 g/mol. The maximum Gasteiger partial charge on any atom is 0.231 e. The molecule has 0 atom stereocenters. The Morgan fingerprint density at radius 1 is 1.36 bits per heavy atom. The van der Waals surface area contributed by atoms with Crippen molar-refractivity contribution in [3.8, 4) is 17.2 Å². The molecule has 2 heterocycles. The van der Waals surface area contributed by atoms with E-state index in [1.807, 2.05) is 12.1 Å². The zero-order valence-corrected chi connectivity index (χ0v) is 15.0. The van der Waals surface area contributed by atoms with Crippen molar-refractivity contribution in [2.75, 3.05) is 53.3 Å². The van der Waals surface area contributed by atoms with Crippen LogP contribution in [0.15, 0.2) is 17.2 Å². The number of thiocarbonyl (C=S) groups is 1. The fraction of sp³-hybridized carbons (Fsp3) is 0.500. The number of hydrogen-bond donors (Lipinski definition) is 3. The van der Waals surface area contributed by atoms with Gasteiger partial charge in [-0.15, -0.1) is 0 Å². The second kappa shape index (κ2) is 8.84. The largest absolute Gasteiger partial charge is 0.493 e. The number of benzene rings is 1. The van der Waals surface area contributed by atoms with Crippen LogP contribution in [0.3, 0.4) is 0 Å². The summed E-state index contributed by atoms with van der Waals surface area (Å²) in [6, 6.07) is 3.67. The Bertz CT molecular complexity index is 635. The first-order valence-electron chi connectivity index (χ1n) is 8.22. The highest BCUT2D eigenvalue weighted by Gasteiger charge is 2.19. The molecule has 25 heavy (non-hydrogen) atoms. The van der Waals surface area contributed by atoms with Crippen molar-refractivity contribution >= 4 is 23.5 Å². The van der Waals surface area contributed by atoms with Crippen LogP contribution in [0.2, 0.25) is 0 Å². The summed E-state index contributed by atoms with van der Waals surface area (Å²) >= 11 is 5.22. The molecular formula is C16H23N4O4S+. The lowest BCUT2D eigenvalue weighted by Crippen LogP contribution is -3.14. The maximum absolute atomic E-state index is 5.39. The van der Waals surface area contributed by atoms with Crippen molar-refractivity contribution in [3.05, 3.63) is 17.7 Å². The number of quaternary nitrogens is 1. The summed E-state index contributed by atoms with van der Waals surface area (Å²) in [5.74, 6) is 1.89. The Balaban J connectivity index is 1.44. The van der Waals surface area contributed by atoms with Crippen molar-refractivity contribution in [2.45, 2.75) is 0 Å². The van der Waals surface area contributed by atoms with Crippen LogP contribution in [-0.4, -0.2) is 64.6 Å². The fourth-order valence-electron chi connectivity index (χ4n) is 2.69. The van der Waals surface area contributed by atoms with Crippen LogP contribution in [0.5, 0.6) is 17.2 Å². The zero-order chi connectivity index (χ0) is 17.5. The highest BCUT2D eigenvalue weighted by molar-refractivity contribution is 7.80. The lowest BCUT2D eigenvalue weighted by atomic mass is 10.2. The van der Waals surface area contributed by atoms with Gasteiger partial charge in [0.2, 0.25) is 12.5 Å². The molecule has 2 aliphatic rings. The van der Waals surface area contributed by atoms with Gasteiger partial charge in [-0.3, -0.25) is 5.43 Å². The van der Waals surface area contributed by atoms with E-state index in [1.165, 1.54) is 4.90 Å². The fourth-order valence-corrected chi connectivity index (χ4v) is 2.85. The number of morpholine rings is 1. The Morgan fingerprint density at radius 2 is 2.20 bits per heavy atom. The quantitative estimate of drug-likeness (QED) is 0.343. The minimum Gasteiger partial charge on any atom is -0.493 e. The molecule has 8 nitrogen and oxygen atoms in total. The van der Waals surface area contributed by atoms with Crippen LogP contribution in [0.25, 0.3) is 0 Å². The van der Waals surface area contributed by atoms with E-state index in [1.54, 1.807) is 13.3 Å². The molecule has 0 amide bonds. The summed E-state index contributed by atoms with van der Waals surface area (Å²) in [5, 5.41) is 7.80. The van der Waals surface area contributed by atoms with Gasteiger partial charge in [-0.25, -0.2) is 0 Å². The first-order valence-corrected chi connectivity index (χ1v) is 8.63. The van der Waals surface area contributed by atoms with Gasteiger partial charge in [0.15, 0.2) is 16.6 Å². The van der Waals surface area contributed by atoms with E-state index in [0.717, 1.165) is 45.0 Å². The lowest BCUT2D eigenvalue weighted by molar-refractivity contribution is -0.906. The molecular weight excluding hydrogens is 344 g/mol. The average Bonchev–Trinajstić information content (AvgIpc) is 3.10. The van der Waals surface area contributed by atoms with E-state index in [4.69, 9.17) is 31.2 Å². The topological polar surface area (TPSA) is 77.8 Å². The smallest absolute Gasteiger partial charge is 0.231 e. The first-order chi connectivity index (χ1) is 12.3. The van der Waals surface area contributed by atoms with Gasteiger partial charge in [0, 0.05) is 5.56 Å². The Morgan fingerprint density at radius 3 is 3.00 bits per heavy atom. The van der Waals surface area contributed by atoms with Crippen LogP contribution < -0.4 is 29.9 Å². The van der Waals surface area contributed by atoms with E-state index < -0.39 is 0 Å². The van der Waals surface area contributed by atoms with Gasteiger partial charge in [-0.2, -0.15) is 5.10 Å². The summed E-state index contributed by atoms with van der Waals surface area (Å²) in [5.41, 5.74) is 3.64. The van der Waals surface area contributed by atoms with Gasteiger partial charge < -0.3 is 29.2 Å². The van der Waals surface area contributed by atoms with Crippen molar-refractivity contribution < 1.29 is 23.8 Å². The maximum atomic E-state index is 5.39. The highest BCUT2D eigenvalue weighted by atomic mass is 32.1. The van der Waals surface area contributed by atoms with Crippen LogP contribution in [0.1, 0.15) is 5.56 Å². The van der Waals surface area contributed by atoms with E-state index in [2.05, 4.69) is 15.8 Å². The molecule has 0 bridgehead atoms. The number of hydrazone groups is 1. The first kappa shape index (κ1) is 17.7. The van der Waals surface area contributed by atoms with Crippen molar-refractivity contribution in [1.82, 2.24) is 10.7 Å². The number of ether oxygens (including phenoxy) is 4. The molecule has 1 saturated heterocycles. The standard InChI is InChI=1S/C16H22N4O4S/c1-21-13-8-12(9-14-15(13)24-11-23-14)10-18-19-16(25)17-2-3-20-4-6-22-7-5-20/h8-10H,2-7,11H2,1H3,(H2,17,19,25)/p+1/b18-10-. The van der Waals surface area contributed by atoms with Gasteiger partial charge in [-0.05, 0) is 24.4 Å². The number of fused-ring (bicyclic) bond motifs is 1. The number of nitrogens with zero attached hydrogens (tertiary/aromatic N) is 1. The van der Waals surface area contributed by atoms with Gasteiger partial charge in [0.25, 0.3) is 0 Å². The van der Waals surface area contributed by atoms with Crippen molar-refractivity contribution in [3.63, 3.8) is 0 Å². The van der Waals surface area contributed by atoms with Gasteiger partial charge >= 0.3 is 0 Å². The minimum atomic E-state index is 0.198. The van der Waals surface area contributed by atoms with Crippen LogP contribution in [0.4, 0.5) is 0 Å². The summed E-state index contributed by atoms with van der Waals surface area (Å²) in [6.07, 6.45) is 1.66. The number of methoxy groups -OCH3 is 1. The summed E-state index contributed by atoms with van der Waals surface area (Å²) in [7, 11) is 1.59. The number of nitrogens with one attached hydrogen (secondary N) is 3. The molecule has 0 saturated carbocycles. The summed E-state index contributed by atoms with van der Waals surface area (Å²) < 4.78 is 21.4. The molecule has 1 fully saturated rings. The zero-order valence-electron chi connectivity index (χ0n) is 14.2. The molecule has 2 aliphatic heterocycles. The molecule has 0 aromatic heterocycles. The summed E-state index contributed by atoms with van der Waals surface area (Å²) in [4.78, 5) is 1.53. The van der Waals surface area contributed by atoms with E-state index in [-0.39, 0.29) is 6.79 Å². The minimum absolute atomic E-state index is 0.198. The molecule has 136 valence electrons. The molecule has 9 heteroatoms. The van der Waals surface area contributed by atoms with E-state index in [0.29, 0.717) is 22.4 Å². The Kier molecular flexibility index (Phi) is 6.26. The normalized spacial score (nSPS) is 16.8.